The van der Waals surface area contributed by atoms with Gasteiger partial charge in [0, 0.05) is 19.3 Å². The second-order valence-electron chi connectivity index (χ2n) is 17.8. The number of allylic oxidation sites excluding steroid dienone is 14. The third kappa shape index (κ3) is 51.4. The van der Waals surface area contributed by atoms with Crippen molar-refractivity contribution in [2.24, 2.45) is 0 Å². The highest BCUT2D eigenvalue weighted by Gasteiger charge is 2.19. The molecule has 0 N–H and O–H groups in total. The highest BCUT2D eigenvalue weighted by molar-refractivity contribution is 5.71. The number of carbonyl (C=O) groups excluding carboxylic acids is 3. The Labute approximate surface area is 401 Å². The summed E-state index contributed by atoms with van der Waals surface area (Å²) in [4.78, 5) is 38.0. The molecule has 0 amide bonds. The molecule has 6 nitrogen and oxygen atoms in total. The summed E-state index contributed by atoms with van der Waals surface area (Å²) < 4.78 is 16.7. The van der Waals surface area contributed by atoms with Crippen LogP contribution in [0.1, 0.15) is 252 Å². The van der Waals surface area contributed by atoms with Gasteiger partial charge in [-0.25, -0.2) is 0 Å². The number of unbranched alkanes of at least 4 members (excludes halogenated alkanes) is 23. The first-order valence-corrected chi connectivity index (χ1v) is 27.1. The zero-order valence-electron chi connectivity index (χ0n) is 42.5. The van der Waals surface area contributed by atoms with Gasteiger partial charge in [0.15, 0.2) is 6.10 Å². The SMILES string of the molecule is CC/C=C\C/C=C\C/C=C\C/C=C\C/C=C\C/C=C\CCC(=O)OC(COC(=O)CCCCCCC/C=C\CCCCCCCC)COC(=O)CCCCCCCCCCCCCCC. The van der Waals surface area contributed by atoms with E-state index in [2.05, 4.69) is 93.7 Å². The first-order valence-electron chi connectivity index (χ1n) is 27.1. The van der Waals surface area contributed by atoms with Crippen LogP contribution in [0.4, 0.5) is 0 Å². The maximum absolute atomic E-state index is 12.8. The molecule has 0 saturated carbocycles. The third-order valence-electron chi connectivity index (χ3n) is 11.4. The molecule has 0 aliphatic rings. The summed E-state index contributed by atoms with van der Waals surface area (Å²) in [6.45, 7) is 6.45. The van der Waals surface area contributed by atoms with Crippen LogP contribution in [0.3, 0.4) is 0 Å². The van der Waals surface area contributed by atoms with Crippen molar-refractivity contribution in [3.05, 3.63) is 85.1 Å². The van der Waals surface area contributed by atoms with Crippen molar-refractivity contribution in [2.45, 2.75) is 258 Å². The van der Waals surface area contributed by atoms with Crippen LogP contribution in [-0.2, 0) is 28.6 Å². The molecule has 0 fully saturated rings. The molecule has 0 bridgehead atoms. The Kier molecular flexibility index (Phi) is 50.4. The lowest BCUT2D eigenvalue weighted by atomic mass is 10.0. The molecule has 65 heavy (non-hydrogen) atoms. The fraction of sp³-hybridized carbons (Fsp3) is 0.712. The van der Waals surface area contributed by atoms with Gasteiger partial charge in [-0.05, 0) is 83.5 Å². The fourth-order valence-corrected chi connectivity index (χ4v) is 7.35. The summed E-state index contributed by atoms with van der Waals surface area (Å²) in [6.07, 6.45) is 68.6. The molecular formula is C59H100O6. The lowest BCUT2D eigenvalue weighted by molar-refractivity contribution is -0.166. The summed E-state index contributed by atoms with van der Waals surface area (Å²) in [5.41, 5.74) is 0. The van der Waals surface area contributed by atoms with Gasteiger partial charge in [-0.3, -0.25) is 14.4 Å². The van der Waals surface area contributed by atoms with Crippen LogP contribution in [0.15, 0.2) is 85.1 Å². The highest BCUT2D eigenvalue weighted by atomic mass is 16.6. The first kappa shape index (κ1) is 61.6. The molecule has 1 atom stereocenters. The van der Waals surface area contributed by atoms with Crippen molar-refractivity contribution in [3.63, 3.8) is 0 Å². The number of ether oxygens (including phenoxy) is 3. The van der Waals surface area contributed by atoms with Gasteiger partial charge in [0.05, 0.1) is 0 Å². The molecule has 0 saturated heterocycles. The molecule has 0 aliphatic carbocycles. The predicted octanol–water partition coefficient (Wildman–Crippen LogP) is 18.0. The predicted molar refractivity (Wildman–Crippen MR) is 279 cm³/mol. The van der Waals surface area contributed by atoms with E-state index >= 15 is 0 Å². The standard InChI is InChI=1S/C59H100O6/c1-4-7-10-13-16-19-22-25-27-28-29-30-32-35-38-41-44-47-50-53-59(62)65-56(54-63-57(60)51-48-45-42-39-36-33-24-21-18-15-12-9-6-3)55-64-58(61)52-49-46-43-40-37-34-31-26-23-20-17-14-11-8-5-2/h7,10,16,19,25-27,29-31,35,38,44,47,56H,4-6,8-9,11-15,17-18,20-24,28,32-34,36-37,39-43,45-46,48-55H2,1-3H3/b10-7-,19-16-,27-25-,30-29-,31-26-,38-35-,47-44-. The third-order valence-corrected chi connectivity index (χ3v) is 11.4. The average Bonchev–Trinajstić information content (AvgIpc) is 3.30. The van der Waals surface area contributed by atoms with Gasteiger partial charge in [-0.2, -0.15) is 0 Å². The molecule has 0 aliphatic heterocycles. The zero-order valence-corrected chi connectivity index (χ0v) is 42.5. The summed E-state index contributed by atoms with van der Waals surface area (Å²) in [6, 6.07) is 0. The van der Waals surface area contributed by atoms with E-state index in [0.717, 1.165) is 89.9 Å². The van der Waals surface area contributed by atoms with Crippen LogP contribution in [-0.4, -0.2) is 37.2 Å². The fourth-order valence-electron chi connectivity index (χ4n) is 7.35. The van der Waals surface area contributed by atoms with Crippen molar-refractivity contribution in [1.82, 2.24) is 0 Å². The van der Waals surface area contributed by atoms with E-state index < -0.39 is 12.1 Å². The molecule has 372 valence electrons. The van der Waals surface area contributed by atoms with Gasteiger partial charge >= 0.3 is 17.9 Å². The molecule has 0 aromatic heterocycles. The van der Waals surface area contributed by atoms with Crippen molar-refractivity contribution in [1.29, 1.82) is 0 Å². The normalized spacial score (nSPS) is 12.7. The van der Waals surface area contributed by atoms with E-state index in [4.69, 9.17) is 14.2 Å². The summed E-state index contributed by atoms with van der Waals surface area (Å²) in [7, 11) is 0. The molecule has 0 aromatic rings. The van der Waals surface area contributed by atoms with Crippen LogP contribution in [0.2, 0.25) is 0 Å². The van der Waals surface area contributed by atoms with Crippen molar-refractivity contribution in [2.75, 3.05) is 13.2 Å². The van der Waals surface area contributed by atoms with Gasteiger partial charge in [0.1, 0.15) is 13.2 Å². The van der Waals surface area contributed by atoms with E-state index in [0.29, 0.717) is 19.3 Å². The second kappa shape index (κ2) is 53.2. The first-order chi connectivity index (χ1) is 32.0. The molecule has 0 aromatic carbocycles. The Hall–Kier alpha value is -3.41. The van der Waals surface area contributed by atoms with Gasteiger partial charge in [-0.1, -0.05) is 234 Å². The Morgan fingerprint density at radius 2 is 0.631 bits per heavy atom. The molecule has 0 rings (SSSR count). The Morgan fingerprint density at radius 3 is 1.00 bits per heavy atom. The largest absolute Gasteiger partial charge is 0.462 e. The smallest absolute Gasteiger partial charge is 0.306 e. The maximum atomic E-state index is 12.8. The van der Waals surface area contributed by atoms with Crippen molar-refractivity contribution in [3.8, 4) is 0 Å². The minimum atomic E-state index is -0.818. The summed E-state index contributed by atoms with van der Waals surface area (Å²) >= 11 is 0. The van der Waals surface area contributed by atoms with Crippen LogP contribution < -0.4 is 0 Å². The van der Waals surface area contributed by atoms with Gasteiger partial charge in [-0.15, -0.1) is 0 Å². The summed E-state index contributed by atoms with van der Waals surface area (Å²) in [5.74, 6) is -0.998. The van der Waals surface area contributed by atoms with E-state index in [-0.39, 0.29) is 31.6 Å². The van der Waals surface area contributed by atoms with Gasteiger partial charge < -0.3 is 14.2 Å². The van der Waals surface area contributed by atoms with Gasteiger partial charge in [0.25, 0.3) is 0 Å². The maximum Gasteiger partial charge on any atom is 0.306 e. The number of hydrogen-bond donors (Lipinski definition) is 0. The van der Waals surface area contributed by atoms with Crippen molar-refractivity contribution < 1.29 is 28.6 Å². The molecule has 6 heteroatoms. The summed E-state index contributed by atoms with van der Waals surface area (Å²) in [5, 5.41) is 0. The van der Waals surface area contributed by atoms with E-state index in [1.54, 1.807) is 0 Å². The van der Waals surface area contributed by atoms with Crippen LogP contribution >= 0.6 is 0 Å². The second-order valence-corrected chi connectivity index (χ2v) is 17.8. The van der Waals surface area contributed by atoms with Crippen LogP contribution in [0.5, 0.6) is 0 Å². The quantitative estimate of drug-likeness (QED) is 0.0262. The van der Waals surface area contributed by atoms with E-state index in [1.807, 2.05) is 12.2 Å². The number of hydrogen-bond acceptors (Lipinski definition) is 6. The Balaban J connectivity index is 4.51. The Morgan fingerprint density at radius 1 is 0.323 bits per heavy atom. The lowest BCUT2D eigenvalue weighted by Crippen LogP contribution is -2.30. The molecule has 0 heterocycles. The van der Waals surface area contributed by atoms with Gasteiger partial charge in [0.2, 0.25) is 0 Å². The molecular weight excluding hydrogens is 805 g/mol. The topological polar surface area (TPSA) is 78.9 Å². The number of rotatable bonds is 48. The van der Waals surface area contributed by atoms with Crippen LogP contribution in [0.25, 0.3) is 0 Å². The minimum absolute atomic E-state index is 0.108. The monoisotopic (exact) mass is 905 g/mol. The minimum Gasteiger partial charge on any atom is -0.462 e. The molecule has 0 radical (unpaired) electrons. The number of carbonyl (C=O) groups is 3. The lowest BCUT2D eigenvalue weighted by Gasteiger charge is -2.18. The molecule has 0 spiro atoms. The average molecular weight is 905 g/mol. The zero-order chi connectivity index (χ0) is 47.2. The van der Waals surface area contributed by atoms with E-state index in [9.17, 15) is 14.4 Å². The van der Waals surface area contributed by atoms with E-state index in [1.165, 1.54) is 116 Å². The number of esters is 3. The highest BCUT2D eigenvalue weighted by Crippen LogP contribution is 2.15. The van der Waals surface area contributed by atoms with Crippen molar-refractivity contribution >= 4 is 17.9 Å². The molecule has 1 unspecified atom stereocenters. The van der Waals surface area contributed by atoms with Crippen LogP contribution in [0, 0.1) is 0 Å². The Bertz CT molecular complexity index is 1270.